The average Bonchev–Trinajstić information content (AvgIpc) is 3.35. The van der Waals surface area contributed by atoms with Crippen LogP contribution in [-0.4, -0.2) is 31.0 Å². The van der Waals surface area contributed by atoms with Gasteiger partial charge < -0.3 is 15.6 Å². The molecule has 0 bridgehead atoms. The SMILES string of the molecule is Nc1ncnc2c1c(-c1ccc(Oc3ccc(F)cc3)cc1)nn2[C@@H]1CC[C@H](O)C1. The van der Waals surface area contributed by atoms with Crippen LogP contribution in [0.4, 0.5) is 10.2 Å². The number of hydrogen-bond acceptors (Lipinski definition) is 6. The number of aliphatic hydroxyl groups is 1. The zero-order valence-corrected chi connectivity index (χ0v) is 16.1. The van der Waals surface area contributed by atoms with Crippen molar-refractivity contribution in [1.29, 1.82) is 0 Å². The summed E-state index contributed by atoms with van der Waals surface area (Å²) in [7, 11) is 0. The smallest absolute Gasteiger partial charge is 0.164 e. The third kappa shape index (κ3) is 3.35. The van der Waals surface area contributed by atoms with E-state index >= 15 is 0 Å². The molecule has 1 aliphatic rings. The van der Waals surface area contributed by atoms with Crippen LogP contribution in [0.3, 0.4) is 0 Å². The second-order valence-corrected chi connectivity index (χ2v) is 7.45. The lowest BCUT2D eigenvalue weighted by Gasteiger charge is -2.10. The number of aromatic nitrogens is 4. The Hall–Kier alpha value is -3.52. The highest BCUT2D eigenvalue weighted by atomic mass is 19.1. The van der Waals surface area contributed by atoms with Crippen molar-refractivity contribution >= 4 is 16.9 Å². The summed E-state index contributed by atoms with van der Waals surface area (Å²) < 4.78 is 20.7. The maximum atomic E-state index is 13.1. The lowest BCUT2D eigenvalue weighted by Crippen LogP contribution is -2.09. The van der Waals surface area contributed by atoms with Gasteiger partial charge in [0.1, 0.15) is 35.2 Å². The van der Waals surface area contributed by atoms with E-state index in [-0.39, 0.29) is 18.0 Å². The largest absolute Gasteiger partial charge is 0.457 e. The number of benzene rings is 2. The Morgan fingerprint density at radius 1 is 1.00 bits per heavy atom. The number of fused-ring (bicyclic) bond motifs is 1. The van der Waals surface area contributed by atoms with Gasteiger partial charge in [0.15, 0.2) is 5.65 Å². The first-order valence-corrected chi connectivity index (χ1v) is 9.79. The lowest BCUT2D eigenvalue weighted by atomic mass is 10.1. The highest BCUT2D eigenvalue weighted by molar-refractivity contribution is 5.98. The second kappa shape index (κ2) is 7.38. The first-order valence-electron chi connectivity index (χ1n) is 9.79. The molecule has 152 valence electrons. The molecule has 3 N–H and O–H groups in total. The summed E-state index contributed by atoms with van der Waals surface area (Å²) in [6.07, 6.45) is 3.35. The van der Waals surface area contributed by atoms with Crippen LogP contribution in [-0.2, 0) is 0 Å². The summed E-state index contributed by atoms with van der Waals surface area (Å²) >= 11 is 0. The number of nitrogen functional groups attached to an aromatic ring is 1. The summed E-state index contributed by atoms with van der Waals surface area (Å²) in [4.78, 5) is 8.55. The zero-order chi connectivity index (χ0) is 20.7. The molecule has 2 aromatic carbocycles. The second-order valence-electron chi connectivity index (χ2n) is 7.45. The van der Waals surface area contributed by atoms with Crippen LogP contribution in [0, 0.1) is 5.82 Å². The standard InChI is InChI=1S/C22H20FN5O2/c23-14-3-9-18(10-4-14)30-17-7-1-13(2-8-17)20-19-21(24)25-12-26-22(19)28(27-20)15-5-6-16(29)11-15/h1-4,7-10,12,15-16,29H,5-6,11H2,(H2,24,25,26)/t15-,16+/m1/s1. The summed E-state index contributed by atoms with van der Waals surface area (Å²) in [5.74, 6) is 1.23. The number of aliphatic hydroxyl groups excluding tert-OH is 1. The van der Waals surface area contributed by atoms with Gasteiger partial charge in [-0.3, -0.25) is 0 Å². The van der Waals surface area contributed by atoms with Gasteiger partial charge >= 0.3 is 0 Å². The molecule has 4 aromatic rings. The van der Waals surface area contributed by atoms with Crippen molar-refractivity contribution in [2.24, 2.45) is 0 Å². The molecular formula is C22H20FN5O2. The van der Waals surface area contributed by atoms with Crippen molar-refractivity contribution in [2.75, 3.05) is 5.73 Å². The number of rotatable bonds is 4. The molecule has 30 heavy (non-hydrogen) atoms. The molecule has 7 nitrogen and oxygen atoms in total. The monoisotopic (exact) mass is 405 g/mol. The third-order valence-corrected chi connectivity index (χ3v) is 5.42. The number of nitrogens with zero attached hydrogens (tertiary/aromatic N) is 4. The summed E-state index contributed by atoms with van der Waals surface area (Å²) in [6.45, 7) is 0. The summed E-state index contributed by atoms with van der Waals surface area (Å²) in [5.41, 5.74) is 8.38. The van der Waals surface area contributed by atoms with Crippen LogP contribution in [0.5, 0.6) is 11.5 Å². The molecule has 0 amide bonds. The van der Waals surface area contributed by atoms with Gasteiger partial charge in [0, 0.05) is 5.56 Å². The Labute approximate surface area is 172 Å². The van der Waals surface area contributed by atoms with E-state index in [9.17, 15) is 9.50 Å². The fourth-order valence-electron chi connectivity index (χ4n) is 3.93. The molecule has 2 heterocycles. The van der Waals surface area contributed by atoms with Gasteiger partial charge in [0.2, 0.25) is 0 Å². The number of hydrogen-bond donors (Lipinski definition) is 2. The van der Waals surface area contributed by atoms with Gasteiger partial charge in [-0.05, 0) is 67.8 Å². The van der Waals surface area contributed by atoms with E-state index in [4.69, 9.17) is 15.6 Å². The Morgan fingerprint density at radius 2 is 1.70 bits per heavy atom. The van der Waals surface area contributed by atoms with Crippen LogP contribution in [0.1, 0.15) is 25.3 Å². The molecule has 0 aliphatic heterocycles. The van der Waals surface area contributed by atoms with Crippen molar-refractivity contribution in [3.63, 3.8) is 0 Å². The van der Waals surface area contributed by atoms with Crippen molar-refractivity contribution in [2.45, 2.75) is 31.4 Å². The van der Waals surface area contributed by atoms with E-state index in [1.54, 1.807) is 12.1 Å². The number of ether oxygens (including phenoxy) is 1. The molecule has 8 heteroatoms. The Morgan fingerprint density at radius 3 is 2.37 bits per heavy atom. The third-order valence-electron chi connectivity index (χ3n) is 5.42. The minimum atomic E-state index is -0.320. The van der Waals surface area contributed by atoms with E-state index in [1.165, 1.54) is 18.5 Å². The van der Waals surface area contributed by atoms with Crippen molar-refractivity contribution in [3.05, 3.63) is 60.7 Å². The van der Waals surface area contributed by atoms with Crippen molar-refractivity contribution in [1.82, 2.24) is 19.7 Å². The van der Waals surface area contributed by atoms with E-state index in [0.29, 0.717) is 40.5 Å². The molecule has 2 atom stereocenters. The van der Waals surface area contributed by atoms with Crippen LogP contribution in [0.15, 0.2) is 54.9 Å². The Kier molecular flexibility index (Phi) is 4.55. The zero-order valence-electron chi connectivity index (χ0n) is 16.1. The van der Waals surface area contributed by atoms with Crippen molar-refractivity contribution < 1.29 is 14.2 Å². The van der Waals surface area contributed by atoms with Crippen LogP contribution in [0.2, 0.25) is 0 Å². The fourth-order valence-corrected chi connectivity index (χ4v) is 3.93. The maximum absolute atomic E-state index is 13.1. The number of halogens is 1. The van der Waals surface area contributed by atoms with Gasteiger partial charge in [-0.25, -0.2) is 19.0 Å². The normalized spacial score (nSPS) is 18.7. The van der Waals surface area contributed by atoms with Gasteiger partial charge in [-0.15, -0.1) is 0 Å². The first-order chi connectivity index (χ1) is 14.6. The molecule has 0 unspecified atom stereocenters. The minimum absolute atomic E-state index is 0.0756. The number of nitrogens with two attached hydrogens (primary N) is 1. The summed E-state index contributed by atoms with van der Waals surface area (Å²) in [6, 6.07) is 13.4. The topological polar surface area (TPSA) is 99.1 Å². The first kappa shape index (κ1) is 18.5. The molecule has 1 fully saturated rings. The van der Waals surface area contributed by atoms with Crippen LogP contribution in [0.25, 0.3) is 22.3 Å². The molecule has 0 saturated heterocycles. The molecule has 1 aliphatic carbocycles. The Balaban J connectivity index is 1.50. The van der Waals surface area contributed by atoms with Crippen molar-refractivity contribution in [3.8, 4) is 22.8 Å². The quantitative estimate of drug-likeness (QED) is 0.530. The van der Waals surface area contributed by atoms with Crippen LogP contribution < -0.4 is 10.5 Å². The van der Waals surface area contributed by atoms with E-state index in [2.05, 4.69) is 9.97 Å². The molecule has 0 spiro atoms. The van der Waals surface area contributed by atoms with E-state index < -0.39 is 0 Å². The predicted octanol–water partition coefficient (Wildman–Crippen LogP) is 4.09. The lowest BCUT2D eigenvalue weighted by molar-refractivity contribution is 0.177. The average molecular weight is 405 g/mol. The van der Waals surface area contributed by atoms with Gasteiger partial charge in [-0.2, -0.15) is 5.10 Å². The van der Waals surface area contributed by atoms with Gasteiger partial charge in [-0.1, -0.05) is 0 Å². The summed E-state index contributed by atoms with van der Waals surface area (Å²) in [5, 5.41) is 15.4. The molecule has 2 aromatic heterocycles. The maximum Gasteiger partial charge on any atom is 0.164 e. The molecule has 0 radical (unpaired) electrons. The van der Waals surface area contributed by atoms with E-state index in [0.717, 1.165) is 18.4 Å². The molecule has 5 rings (SSSR count). The highest BCUT2D eigenvalue weighted by Crippen LogP contribution is 2.37. The minimum Gasteiger partial charge on any atom is -0.457 e. The highest BCUT2D eigenvalue weighted by Gasteiger charge is 2.28. The number of anilines is 1. The fraction of sp³-hybridized carbons (Fsp3) is 0.227. The predicted molar refractivity (Wildman–Crippen MR) is 111 cm³/mol. The molecular weight excluding hydrogens is 385 g/mol. The molecule has 1 saturated carbocycles. The van der Waals surface area contributed by atoms with Gasteiger partial charge in [0.25, 0.3) is 0 Å². The van der Waals surface area contributed by atoms with Crippen LogP contribution >= 0.6 is 0 Å². The van der Waals surface area contributed by atoms with Gasteiger partial charge in [0.05, 0.1) is 17.5 Å². The van der Waals surface area contributed by atoms with E-state index in [1.807, 2.05) is 28.9 Å². The Bertz CT molecular complexity index is 1190.